The maximum absolute atomic E-state index is 12.0. The molecule has 0 saturated heterocycles. The topological polar surface area (TPSA) is 197 Å². The number of rotatable bonds is 9. The van der Waals surface area contributed by atoms with Crippen molar-refractivity contribution in [3.63, 3.8) is 0 Å². The van der Waals surface area contributed by atoms with Crippen molar-refractivity contribution in [1.29, 1.82) is 0 Å². The van der Waals surface area contributed by atoms with Crippen LogP contribution in [0.3, 0.4) is 0 Å². The van der Waals surface area contributed by atoms with Gasteiger partial charge < -0.3 is 14.7 Å². The minimum absolute atomic E-state index is 0.0189. The lowest BCUT2D eigenvalue weighted by molar-refractivity contribution is -0.139. The fourth-order valence-electron chi connectivity index (χ4n) is 1.75. The van der Waals surface area contributed by atoms with E-state index in [1.165, 1.54) is 18.6 Å². The zero-order chi connectivity index (χ0) is 19.3. The van der Waals surface area contributed by atoms with Gasteiger partial charge in [0, 0.05) is 12.4 Å². The molecule has 0 aliphatic carbocycles. The van der Waals surface area contributed by atoms with Gasteiger partial charge in [0.2, 0.25) is 11.7 Å². The standard InChI is InChI=1S/C12H14N6O7S/c1-6(12(21)22)17-26(23,24)18-7(4-9(19)20)11-15-10(16-25-11)8-5-13-2-3-14-8/h2-3,5-7,17-18H,4H2,1H3,(H,19,20)(H,21,22)/t6-,7-/m0/s1. The molecule has 0 fully saturated rings. The van der Waals surface area contributed by atoms with Gasteiger partial charge in [0.15, 0.2) is 0 Å². The summed E-state index contributed by atoms with van der Waals surface area (Å²) >= 11 is 0. The Morgan fingerprint density at radius 2 is 2.00 bits per heavy atom. The van der Waals surface area contributed by atoms with E-state index in [1.807, 2.05) is 9.44 Å². The molecule has 2 heterocycles. The van der Waals surface area contributed by atoms with Crippen molar-refractivity contribution >= 4 is 22.1 Å². The van der Waals surface area contributed by atoms with Gasteiger partial charge in [0.1, 0.15) is 17.8 Å². The molecule has 0 aliphatic rings. The quantitative estimate of drug-likeness (QED) is 0.409. The Kier molecular flexibility index (Phi) is 5.91. The van der Waals surface area contributed by atoms with Crippen molar-refractivity contribution in [2.24, 2.45) is 0 Å². The lowest BCUT2D eigenvalue weighted by atomic mass is 10.2. The molecule has 140 valence electrons. The summed E-state index contributed by atoms with van der Waals surface area (Å²) in [4.78, 5) is 33.5. The van der Waals surface area contributed by atoms with Crippen LogP contribution in [0.25, 0.3) is 11.5 Å². The SMILES string of the molecule is C[C@H](NS(=O)(=O)N[C@@H](CC(=O)O)c1nc(-c2cnccn2)no1)C(=O)O. The van der Waals surface area contributed by atoms with Crippen LogP contribution in [0.15, 0.2) is 23.1 Å². The summed E-state index contributed by atoms with van der Waals surface area (Å²) in [6, 6.07) is -2.86. The highest BCUT2D eigenvalue weighted by Crippen LogP contribution is 2.19. The molecule has 2 rings (SSSR count). The van der Waals surface area contributed by atoms with E-state index in [9.17, 15) is 18.0 Å². The number of carbonyl (C=O) groups is 2. The van der Waals surface area contributed by atoms with E-state index in [0.717, 1.165) is 6.92 Å². The number of aliphatic carboxylic acids is 2. The second-order valence-corrected chi connectivity index (χ2v) is 6.47. The van der Waals surface area contributed by atoms with Crippen molar-refractivity contribution in [2.45, 2.75) is 25.4 Å². The molecule has 0 amide bonds. The van der Waals surface area contributed by atoms with Crippen molar-refractivity contribution in [2.75, 3.05) is 0 Å². The van der Waals surface area contributed by atoms with E-state index < -0.39 is 40.7 Å². The monoisotopic (exact) mass is 386 g/mol. The summed E-state index contributed by atoms with van der Waals surface area (Å²) in [5, 5.41) is 21.3. The predicted octanol–water partition coefficient (Wildman–Crippen LogP) is -1.06. The molecule has 0 aliphatic heterocycles. The van der Waals surface area contributed by atoms with Crippen molar-refractivity contribution in [3.05, 3.63) is 24.5 Å². The van der Waals surface area contributed by atoms with E-state index in [4.69, 9.17) is 14.7 Å². The van der Waals surface area contributed by atoms with E-state index in [0.29, 0.717) is 0 Å². The number of nitrogens with one attached hydrogen (secondary N) is 2. The molecule has 0 unspecified atom stereocenters. The van der Waals surface area contributed by atoms with Gasteiger partial charge in [0.25, 0.3) is 10.2 Å². The van der Waals surface area contributed by atoms with Crippen LogP contribution in [-0.4, -0.2) is 56.7 Å². The maximum Gasteiger partial charge on any atom is 0.321 e. The Morgan fingerprint density at radius 1 is 1.27 bits per heavy atom. The lowest BCUT2D eigenvalue weighted by Gasteiger charge is -2.15. The normalized spacial score (nSPS) is 13.9. The van der Waals surface area contributed by atoms with Gasteiger partial charge in [-0.1, -0.05) is 5.16 Å². The van der Waals surface area contributed by atoms with Crippen LogP contribution < -0.4 is 9.44 Å². The average molecular weight is 386 g/mol. The Hall–Kier alpha value is -2.97. The molecule has 13 nitrogen and oxygen atoms in total. The molecule has 0 bridgehead atoms. The van der Waals surface area contributed by atoms with Gasteiger partial charge in [-0.15, -0.1) is 0 Å². The van der Waals surface area contributed by atoms with Crippen LogP contribution in [0.1, 0.15) is 25.3 Å². The maximum atomic E-state index is 12.0. The van der Waals surface area contributed by atoms with Crippen molar-refractivity contribution in [3.8, 4) is 11.5 Å². The predicted molar refractivity (Wildman–Crippen MR) is 82.6 cm³/mol. The van der Waals surface area contributed by atoms with Gasteiger partial charge in [-0.2, -0.15) is 22.8 Å². The van der Waals surface area contributed by atoms with Gasteiger partial charge in [-0.05, 0) is 6.92 Å². The van der Waals surface area contributed by atoms with Gasteiger partial charge in [-0.3, -0.25) is 14.6 Å². The average Bonchev–Trinajstić information content (AvgIpc) is 3.04. The Balaban J connectivity index is 2.24. The third-order valence-corrected chi connectivity index (χ3v) is 4.17. The first-order valence-corrected chi connectivity index (χ1v) is 8.50. The minimum Gasteiger partial charge on any atom is -0.481 e. The Bertz CT molecular complexity index is 884. The van der Waals surface area contributed by atoms with Crippen LogP contribution in [0.2, 0.25) is 0 Å². The summed E-state index contributed by atoms with van der Waals surface area (Å²) in [7, 11) is -4.37. The molecule has 2 aromatic rings. The lowest BCUT2D eigenvalue weighted by Crippen LogP contribution is -2.46. The summed E-state index contributed by atoms with van der Waals surface area (Å²) in [6.07, 6.45) is 3.41. The van der Waals surface area contributed by atoms with E-state index in [-0.39, 0.29) is 17.4 Å². The first-order chi connectivity index (χ1) is 12.2. The molecule has 4 N–H and O–H groups in total. The van der Waals surface area contributed by atoms with Crippen LogP contribution >= 0.6 is 0 Å². The first kappa shape index (κ1) is 19.4. The van der Waals surface area contributed by atoms with Crippen molar-refractivity contribution in [1.82, 2.24) is 29.6 Å². The Labute approximate surface area is 146 Å². The van der Waals surface area contributed by atoms with E-state index in [2.05, 4.69) is 20.1 Å². The number of carboxylic acids is 2. The second-order valence-electron chi connectivity index (χ2n) is 5.00. The summed E-state index contributed by atoms with van der Waals surface area (Å²) < 4.78 is 32.7. The van der Waals surface area contributed by atoms with Crippen LogP contribution in [-0.2, 0) is 19.8 Å². The Morgan fingerprint density at radius 3 is 2.58 bits per heavy atom. The first-order valence-electron chi connectivity index (χ1n) is 7.02. The highest BCUT2D eigenvalue weighted by atomic mass is 32.2. The summed E-state index contributed by atoms with van der Waals surface area (Å²) in [6.45, 7) is 1.10. The fraction of sp³-hybridized carbons (Fsp3) is 0.333. The third-order valence-electron chi connectivity index (χ3n) is 2.91. The molecule has 26 heavy (non-hydrogen) atoms. The summed E-state index contributed by atoms with van der Waals surface area (Å²) in [5.41, 5.74) is 0.233. The second kappa shape index (κ2) is 7.94. The third kappa shape index (κ3) is 5.27. The smallest absolute Gasteiger partial charge is 0.321 e. The molecule has 2 aromatic heterocycles. The molecular weight excluding hydrogens is 372 g/mol. The fourth-order valence-corrected chi connectivity index (χ4v) is 2.95. The number of carboxylic acid groups (broad SMARTS) is 2. The number of hydrogen-bond acceptors (Lipinski definition) is 9. The van der Waals surface area contributed by atoms with E-state index in [1.54, 1.807) is 0 Å². The van der Waals surface area contributed by atoms with Gasteiger partial charge in [0.05, 0.1) is 12.6 Å². The molecule has 14 heteroatoms. The molecular formula is C12H14N6O7S. The molecule has 0 saturated carbocycles. The largest absolute Gasteiger partial charge is 0.481 e. The number of aromatic nitrogens is 4. The highest BCUT2D eigenvalue weighted by molar-refractivity contribution is 7.87. The van der Waals surface area contributed by atoms with Crippen molar-refractivity contribution < 1.29 is 32.7 Å². The van der Waals surface area contributed by atoms with Crippen LogP contribution in [0.4, 0.5) is 0 Å². The zero-order valence-corrected chi connectivity index (χ0v) is 14.0. The zero-order valence-electron chi connectivity index (χ0n) is 13.2. The van der Waals surface area contributed by atoms with Gasteiger partial charge >= 0.3 is 11.9 Å². The van der Waals surface area contributed by atoms with Gasteiger partial charge in [-0.25, -0.2) is 4.98 Å². The molecule has 2 atom stereocenters. The molecule has 0 aromatic carbocycles. The minimum atomic E-state index is -4.37. The number of hydrogen-bond donors (Lipinski definition) is 4. The summed E-state index contributed by atoms with van der Waals surface area (Å²) in [5.74, 6) is -3.10. The van der Waals surface area contributed by atoms with Crippen LogP contribution in [0.5, 0.6) is 0 Å². The molecule has 0 spiro atoms. The highest BCUT2D eigenvalue weighted by Gasteiger charge is 2.29. The van der Waals surface area contributed by atoms with E-state index >= 15 is 0 Å². The number of nitrogens with zero attached hydrogens (tertiary/aromatic N) is 4. The van der Waals surface area contributed by atoms with Crippen LogP contribution in [0, 0.1) is 0 Å². The molecule has 0 radical (unpaired) electrons.